The smallest absolute Gasteiger partial charge is 0.225 e. The normalized spacial score (nSPS) is 10.5. The number of hydrogen-bond acceptors (Lipinski definition) is 2. The van der Waals surface area contributed by atoms with Crippen molar-refractivity contribution in [1.82, 2.24) is 4.98 Å². The summed E-state index contributed by atoms with van der Waals surface area (Å²) in [6, 6.07) is 5.71. The molecule has 0 unspecified atom stereocenters. The van der Waals surface area contributed by atoms with Crippen LogP contribution in [0.25, 0.3) is 0 Å². The highest BCUT2D eigenvalue weighted by atomic mass is 16.1. The molecular weight excluding hydrogens is 200 g/mol. The van der Waals surface area contributed by atoms with Crippen LogP contribution in [0.1, 0.15) is 39.3 Å². The molecule has 16 heavy (non-hydrogen) atoms. The molecule has 88 valence electrons. The Morgan fingerprint density at radius 3 is 2.81 bits per heavy atom. The summed E-state index contributed by atoms with van der Waals surface area (Å²) >= 11 is 0. The van der Waals surface area contributed by atoms with E-state index in [1.165, 1.54) is 0 Å². The van der Waals surface area contributed by atoms with E-state index in [2.05, 4.69) is 24.1 Å². The predicted molar refractivity (Wildman–Crippen MR) is 66.3 cm³/mol. The monoisotopic (exact) mass is 220 g/mol. The molecule has 0 atom stereocenters. The van der Waals surface area contributed by atoms with Gasteiger partial charge in [-0.05, 0) is 30.9 Å². The van der Waals surface area contributed by atoms with Crippen LogP contribution in [0.15, 0.2) is 18.2 Å². The number of anilines is 1. The van der Waals surface area contributed by atoms with Crippen LogP contribution < -0.4 is 5.32 Å². The molecule has 1 amide bonds. The first-order chi connectivity index (χ1) is 7.61. The lowest BCUT2D eigenvalue weighted by atomic mass is 10.1. The van der Waals surface area contributed by atoms with E-state index in [-0.39, 0.29) is 5.91 Å². The molecule has 0 aliphatic carbocycles. The van der Waals surface area contributed by atoms with Gasteiger partial charge in [0.05, 0.1) is 0 Å². The van der Waals surface area contributed by atoms with Gasteiger partial charge in [-0.15, -0.1) is 0 Å². The molecule has 1 aromatic rings. The number of carbonyl (C=O) groups excluding carboxylic acids is 1. The number of rotatable bonds is 5. The van der Waals surface area contributed by atoms with Gasteiger partial charge in [0.25, 0.3) is 0 Å². The summed E-state index contributed by atoms with van der Waals surface area (Å²) in [5, 5.41) is 2.82. The zero-order valence-electron chi connectivity index (χ0n) is 10.3. The predicted octanol–water partition coefficient (Wildman–Crippen LogP) is 3.02. The van der Waals surface area contributed by atoms with Crippen molar-refractivity contribution in [2.24, 2.45) is 5.92 Å². The maximum atomic E-state index is 11.6. The maximum Gasteiger partial charge on any atom is 0.225 e. The number of aryl methyl sites for hydroxylation is 1. The quantitative estimate of drug-likeness (QED) is 0.828. The molecule has 3 nitrogen and oxygen atoms in total. The van der Waals surface area contributed by atoms with Gasteiger partial charge in [0, 0.05) is 12.1 Å². The lowest BCUT2D eigenvalue weighted by molar-refractivity contribution is -0.116. The van der Waals surface area contributed by atoms with E-state index in [4.69, 9.17) is 0 Å². The summed E-state index contributed by atoms with van der Waals surface area (Å²) in [4.78, 5) is 15.9. The molecule has 0 saturated heterocycles. The van der Waals surface area contributed by atoms with E-state index in [1.807, 2.05) is 25.1 Å². The summed E-state index contributed by atoms with van der Waals surface area (Å²) in [7, 11) is 0. The minimum atomic E-state index is 0.0504. The zero-order chi connectivity index (χ0) is 12.0. The summed E-state index contributed by atoms with van der Waals surface area (Å²) in [6.45, 7) is 6.28. The van der Waals surface area contributed by atoms with Gasteiger partial charge in [0.15, 0.2) is 0 Å². The highest BCUT2D eigenvalue weighted by Crippen LogP contribution is 2.08. The Hall–Kier alpha value is -1.38. The second-order valence-corrected chi connectivity index (χ2v) is 4.35. The second kappa shape index (κ2) is 6.26. The molecule has 0 saturated carbocycles. The average molecular weight is 220 g/mol. The van der Waals surface area contributed by atoms with Crippen LogP contribution in [0.3, 0.4) is 0 Å². The number of aromatic nitrogens is 1. The molecule has 1 heterocycles. The van der Waals surface area contributed by atoms with Crippen LogP contribution in [0.2, 0.25) is 0 Å². The molecule has 1 N–H and O–H groups in total. The number of nitrogens with one attached hydrogen (secondary N) is 1. The SMILES string of the molecule is CCc1cccc(NC(=O)CCC(C)C)n1. The Morgan fingerprint density at radius 2 is 2.19 bits per heavy atom. The van der Waals surface area contributed by atoms with Gasteiger partial charge in [-0.3, -0.25) is 4.79 Å². The van der Waals surface area contributed by atoms with Crippen LogP contribution in [0.4, 0.5) is 5.82 Å². The van der Waals surface area contributed by atoms with Crippen LogP contribution in [0.5, 0.6) is 0 Å². The Bertz CT molecular complexity index is 348. The number of nitrogens with zero attached hydrogens (tertiary/aromatic N) is 1. The lowest BCUT2D eigenvalue weighted by Crippen LogP contribution is -2.13. The second-order valence-electron chi connectivity index (χ2n) is 4.35. The van der Waals surface area contributed by atoms with Gasteiger partial charge in [0.2, 0.25) is 5.91 Å². The average Bonchev–Trinajstić information content (AvgIpc) is 2.26. The summed E-state index contributed by atoms with van der Waals surface area (Å²) < 4.78 is 0. The first-order valence-electron chi connectivity index (χ1n) is 5.87. The standard InChI is InChI=1S/C13H20N2O/c1-4-11-6-5-7-12(14-11)15-13(16)9-8-10(2)3/h5-7,10H,4,8-9H2,1-3H3,(H,14,15,16). The largest absolute Gasteiger partial charge is 0.311 e. The summed E-state index contributed by atoms with van der Waals surface area (Å²) in [5.74, 6) is 1.27. The van der Waals surface area contributed by atoms with Crippen LogP contribution in [-0.4, -0.2) is 10.9 Å². The third-order valence-electron chi connectivity index (χ3n) is 2.39. The molecule has 0 radical (unpaired) electrons. The molecule has 0 spiro atoms. The molecule has 0 bridgehead atoms. The van der Waals surface area contributed by atoms with Crippen molar-refractivity contribution in [2.75, 3.05) is 5.32 Å². The molecule has 1 aromatic heterocycles. The van der Waals surface area contributed by atoms with Crippen molar-refractivity contribution < 1.29 is 4.79 Å². The van der Waals surface area contributed by atoms with Crippen LogP contribution >= 0.6 is 0 Å². The highest BCUT2D eigenvalue weighted by Gasteiger charge is 2.04. The van der Waals surface area contributed by atoms with Gasteiger partial charge in [0.1, 0.15) is 5.82 Å². The van der Waals surface area contributed by atoms with E-state index >= 15 is 0 Å². The molecule has 0 aliphatic heterocycles. The topological polar surface area (TPSA) is 42.0 Å². The number of pyridine rings is 1. The van der Waals surface area contributed by atoms with Gasteiger partial charge < -0.3 is 5.32 Å². The van der Waals surface area contributed by atoms with Gasteiger partial charge in [-0.1, -0.05) is 26.8 Å². The summed E-state index contributed by atoms with van der Waals surface area (Å²) in [6.07, 6.45) is 2.37. The molecule has 0 fully saturated rings. The van der Waals surface area contributed by atoms with Crippen molar-refractivity contribution in [3.63, 3.8) is 0 Å². The number of carbonyl (C=O) groups is 1. The minimum Gasteiger partial charge on any atom is -0.311 e. The van der Waals surface area contributed by atoms with Crippen molar-refractivity contribution in [3.05, 3.63) is 23.9 Å². The Labute approximate surface area is 97.3 Å². The fourth-order valence-electron chi connectivity index (χ4n) is 1.37. The third kappa shape index (κ3) is 4.43. The Kier molecular flexibility index (Phi) is 4.96. The van der Waals surface area contributed by atoms with Gasteiger partial charge in [-0.25, -0.2) is 4.98 Å². The Balaban J connectivity index is 2.49. The van der Waals surface area contributed by atoms with Crippen LogP contribution in [-0.2, 0) is 11.2 Å². The number of hydrogen-bond donors (Lipinski definition) is 1. The van der Waals surface area contributed by atoms with E-state index in [0.29, 0.717) is 18.2 Å². The van der Waals surface area contributed by atoms with Gasteiger partial charge >= 0.3 is 0 Å². The van der Waals surface area contributed by atoms with Crippen molar-refractivity contribution >= 4 is 11.7 Å². The fourth-order valence-corrected chi connectivity index (χ4v) is 1.37. The fraction of sp³-hybridized carbons (Fsp3) is 0.538. The van der Waals surface area contributed by atoms with Crippen molar-refractivity contribution in [3.8, 4) is 0 Å². The molecular formula is C13H20N2O. The van der Waals surface area contributed by atoms with E-state index < -0.39 is 0 Å². The minimum absolute atomic E-state index is 0.0504. The first-order valence-corrected chi connectivity index (χ1v) is 5.87. The maximum absolute atomic E-state index is 11.6. The molecule has 1 rings (SSSR count). The first kappa shape index (κ1) is 12.7. The van der Waals surface area contributed by atoms with Crippen molar-refractivity contribution in [1.29, 1.82) is 0 Å². The highest BCUT2D eigenvalue weighted by molar-refractivity contribution is 5.89. The number of amides is 1. The molecule has 3 heteroatoms. The van der Waals surface area contributed by atoms with E-state index in [1.54, 1.807) is 0 Å². The third-order valence-corrected chi connectivity index (χ3v) is 2.39. The van der Waals surface area contributed by atoms with E-state index in [9.17, 15) is 4.79 Å². The van der Waals surface area contributed by atoms with Gasteiger partial charge in [-0.2, -0.15) is 0 Å². The lowest BCUT2D eigenvalue weighted by Gasteiger charge is -2.07. The van der Waals surface area contributed by atoms with Crippen molar-refractivity contribution in [2.45, 2.75) is 40.0 Å². The molecule has 0 aromatic carbocycles. The summed E-state index contributed by atoms with van der Waals surface area (Å²) in [5.41, 5.74) is 1.00. The Morgan fingerprint density at radius 1 is 1.44 bits per heavy atom. The van der Waals surface area contributed by atoms with E-state index in [0.717, 1.165) is 18.5 Å². The van der Waals surface area contributed by atoms with Crippen LogP contribution in [0, 0.1) is 5.92 Å². The zero-order valence-corrected chi connectivity index (χ0v) is 10.3. The molecule has 0 aliphatic rings.